The third-order valence-corrected chi connectivity index (χ3v) is 3.90. The average molecular weight is 272 g/mol. The van der Waals surface area contributed by atoms with Crippen molar-refractivity contribution in [3.8, 4) is 11.1 Å². The number of rotatable bonds is 2. The summed E-state index contributed by atoms with van der Waals surface area (Å²) in [6.45, 7) is 0. The molecule has 0 aliphatic carbocycles. The van der Waals surface area contributed by atoms with E-state index in [-0.39, 0.29) is 5.82 Å². The second-order valence-electron chi connectivity index (χ2n) is 4.39. The highest BCUT2D eigenvalue weighted by Crippen LogP contribution is 2.30. The molecule has 0 amide bonds. The van der Waals surface area contributed by atoms with Crippen molar-refractivity contribution in [2.75, 3.05) is 6.26 Å². The number of fused-ring (bicyclic) bond motifs is 1. The molecule has 3 rings (SSSR count). The maximum atomic E-state index is 13.9. The van der Waals surface area contributed by atoms with E-state index in [2.05, 4.69) is 5.10 Å². The number of aromatic nitrogens is 2. The Bertz CT molecular complexity index is 749. The van der Waals surface area contributed by atoms with Crippen molar-refractivity contribution in [3.05, 3.63) is 48.4 Å². The number of hydrogen-bond acceptors (Lipinski definition) is 2. The van der Waals surface area contributed by atoms with Gasteiger partial charge in [0.1, 0.15) is 5.82 Å². The molecule has 0 radical (unpaired) electrons. The van der Waals surface area contributed by atoms with Gasteiger partial charge in [0.05, 0.1) is 5.52 Å². The van der Waals surface area contributed by atoms with E-state index in [1.54, 1.807) is 10.7 Å². The van der Waals surface area contributed by atoms with Crippen LogP contribution in [0.3, 0.4) is 0 Å². The van der Waals surface area contributed by atoms with E-state index >= 15 is 0 Å². The molecule has 2 nitrogen and oxygen atoms in total. The topological polar surface area (TPSA) is 17.8 Å². The SMILES string of the molecule is CSc1ccc(-c2cccc3nn(C)cc23)cc1F. The van der Waals surface area contributed by atoms with Crippen molar-refractivity contribution in [1.82, 2.24) is 9.78 Å². The van der Waals surface area contributed by atoms with Gasteiger partial charge >= 0.3 is 0 Å². The Labute approximate surface area is 115 Å². The van der Waals surface area contributed by atoms with E-state index in [0.717, 1.165) is 22.0 Å². The third-order valence-electron chi connectivity index (χ3n) is 3.13. The lowest BCUT2D eigenvalue weighted by Crippen LogP contribution is -1.84. The monoisotopic (exact) mass is 272 g/mol. The normalized spacial score (nSPS) is 11.1. The summed E-state index contributed by atoms with van der Waals surface area (Å²) in [6.07, 6.45) is 3.84. The van der Waals surface area contributed by atoms with Crippen LogP contribution in [0.5, 0.6) is 0 Å². The van der Waals surface area contributed by atoms with Crippen molar-refractivity contribution in [3.63, 3.8) is 0 Å². The van der Waals surface area contributed by atoms with Gasteiger partial charge in [0.2, 0.25) is 0 Å². The zero-order valence-corrected chi connectivity index (χ0v) is 11.5. The maximum absolute atomic E-state index is 13.9. The Hall–Kier alpha value is -1.81. The molecular formula is C15H13FN2S. The smallest absolute Gasteiger partial charge is 0.137 e. The van der Waals surface area contributed by atoms with E-state index in [9.17, 15) is 4.39 Å². The number of benzene rings is 2. The fourth-order valence-corrected chi connectivity index (χ4v) is 2.71. The van der Waals surface area contributed by atoms with Crippen LogP contribution in [0.1, 0.15) is 0 Å². The summed E-state index contributed by atoms with van der Waals surface area (Å²) >= 11 is 1.42. The molecular weight excluding hydrogens is 259 g/mol. The third kappa shape index (κ3) is 2.12. The number of halogens is 1. The molecule has 0 unspecified atom stereocenters. The van der Waals surface area contributed by atoms with Crippen molar-refractivity contribution in [2.45, 2.75) is 4.90 Å². The van der Waals surface area contributed by atoms with E-state index in [4.69, 9.17) is 0 Å². The number of thioether (sulfide) groups is 1. The Morgan fingerprint density at radius 2 is 2.05 bits per heavy atom. The zero-order chi connectivity index (χ0) is 13.4. The Morgan fingerprint density at radius 1 is 1.21 bits per heavy atom. The quantitative estimate of drug-likeness (QED) is 0.654. The highest BCUT2D eigenvalue weighted by Gasteiger charge is 2.09. The molecule has 0 spiro atoms. The fraction of sp³-hybridized carbons (Fsp3) is 0.133. The first kappa shape index (κ1) is 12.2. The summed E-state index contributed by atoms with van der Waals surface area (Å²) in [5.41, 5.74) is 2.82. The molecule has 0 saturated carbocycles. The highest BCUT2D eigenvalue weighted by atomic mass is 32.2. The summed E-state index contributed by atoms with van der Waals surface area (Å²) in [7, 11) is 1.89. The van der Waals surface area contributed by atoms with Crippen LogP contribution in [-0.2, 0) is 7.05 Å². The largest absolute Gasteiger partial charge is 0.275 e. The van der Waals surface area contributed by atoms with E-state index in [1.807, 2.05) is 49.8 Å². The Kier molecular flexibility index (Phi) is 3.03. The van der Waals surface area contributed by atoms with Crippen molar-refractivity contribution in [1.29, 1.82) is 0 Å². The molecule has 3 aromatic rings. The molecule has 0 atom stereocenters. The lowest BCUT2D eigenvalue weighted by molar-refractivity contribution is 0.603. The molecule has 0 aliphatic rings. The molecule has 96 valence electrons. The first-order valence-corrected chi connectivity index (χ1v) is 7.18. The molecule has 0 aliphatic heterocycles. The van der Waals surface area contributed by atoms with Crippen LogP contribution in [0, 0.1) is 5.82 Å². The molecule has 4 heteroatoms. The first-order chi connectivity index (χ1) is 9.19. The Balaban J connectivity index is 2.21. The van der Waals surface area contributed by atoms with Crippen molar-refractivity contribution < 1.29 is 4.39 Å². The van der Waals surface area contributed by atoms with Gasteiger partial charge in [0, 0.05) is 23.5 Å². The Morgan fingerprint density at radius 3 is 2.79 bits per heavy atom. The predicted octanol–water partition coefficient (Wildman–Crippen LogP) is 4.10. The molecule has 1 aromatic heterocycles. The summed E-state index contributed by atoms with van der Waals surface area (Å²) in [4.78, 5) is 0.669. The minimum absolute atomic E-state index is 0.175. The van der Waals surface area contributed by atoms with Crippen LogP contribution in [0.2, 0.25) is 0 Å². The highest BCUT2D eigenvalue weighted by molar-refractivity contribution is 7.98. The molecule has 0 fully saturated rings. The molecule has 0 N–H and O–H groups in total. The molecule has 2 aromatic carbocycles. The number of nitrogens with zero attached hydrogens (tertiary/aromatic N) is 2. The van der Waals surface area contributed by atoms with Crippen LogP contribution in [0.15, 0.2) is 47.5 Å². The molecule has 0 saturated heterocycles. The van der Waals surface area contributed by atoms with E-state index in [0.29, 0.717) is 4.90 Å². The van der Waals surface area contributed by atoms with Gasteiger partial charge in [-0.2, -0.15) is 5.10 Å². The van der Waals surface area contributed by atoms with Crippen LogP contribution in [0.25, 0.3) is 22.0 Å². The van der Waals surface area contributed by atoms with Crippen molar-refractivity contribution in [2.24, 2.45) is 7.05 Å². The van der Waals surface area contributed by atoms with Gasteiger partial charge in [-0.3, -0.25) is 4.68 Å². The van der Waals surface area contributed by atoms with Gasteiger partial charge in [-0.15, -0.1) is 11.8 Å². The molecule has 0 bridgehead atoms. The van der Waals surface area contributed by atoms with E-state index in [1.165, 1.54) is 11.8 Å². The minimum Gasteiger partial charge on any atom is -0.275 e. The predicted molar refractivity (Wildman–Crippen MR) is 77.9 cm³/mol. The average Bonchev–Trinajstić information content (AvgIpc) is 2.78. The van der Waals surface area contributed by atoms with Gasteiger partial charge < -0.3 is 0 Å². The number of hydrogen-bond donors (Lipinski definition) is 0. The van der Waals surface area contributed by atoms with Crippen LogP contribution >= 0.6 is 11.8 Å². The fourth-order valence-electron chi connectivity index (χ4n) is 2.25. The summed E-state index contributed by atoms with van der Waals surface area (Å²) in [5, 5.41) is 5.42. The second-order valence-corrected chi connectivity index (χ2v) is 5.24. The maximum Gasteiger partial charge on any atom is 0.137 e. The van der Waals surface area contributed by atoms with Gasteiger partial charge in [0.15, 0.2) is 0 Å². The van der Waals surface area contributed by atoms with Gasteiger partial charge in [-0.1, -0.05) is 18.2 Å². The summed E-state index contributed by atoms with van der Waals surface area (Å²) in [6, 6.07) is 11.3. The second kappa shape index (κ2) is 4.70. The van der Waals surface area contributed by atoms with Crippen molar-refractivity contribution >= 4 is 22.7 Å². The van der Waals surface area contributed by atoms with Crippen LogP contribution in [0.4, 0.5) is 4.39 Å². The van der Waals surface area contributed by atoms with Gasteiger partial charge in [-0.25, -0.2) is 4.39 Å². The lowest BCUT2D eigenvalue weighted by atomic mass is 10.0. The molecule has 1 heterocycles. The lowest BCUT2D eigenvalue weighted by Gasteiger charge is -2.05. The molecule has 19 heavy (non-hydrogen) atoms. The van der Waals surface area contributed by atoms with Crippen LogP contribution in [-0.4, -0.2) is 16.0 Å². The van der Waals surface area contributed by atoms with Gasteiger partial charge in [0.25, 0.3) is 0 Å². The summed E-state index contributed by atoms with van der Waals surface area (Å²) < 4.78 is 15.7. The standard InChI is InChI=1S/C15H13FN2S/c1-18-9-12-11(4-3-5-14(12)17-18)10-6-7-15(19-2)13(16)8-10/h3-9H,1-2H3. The first-order valence-electron chi connectivity index (χ1n) is 5.95. The van der Waals surface area contributed by atoms with E-state index < -0.39 is 0 Å². The minimum atomic E-state index is -0.175. The van der Waals surface area contributed by atoms with Gasteiger partial charge in [-0.05, 0) is 35.6 Å². The zero-order valence-electron chi connectivity index (χ0n) is 10.7. The number of aryl methyl sites for hydroxylation is 1. The summed E-state index contributed by atoms with van der Waals surface area (Å²) in [5.74, 6) is -0.175. The van der Waals surface area contributed by atoms with Crippen LogP contribution < -0.4 is 0 Å².